The van der Waals surface area contributed by atoms with E-state index in [0.717, 1.165) is 16.6 Å². The molecule has 0 aliphatic carbocycles. The number of tetrazole rings is 1. The van der Waals surface area contributed by atoms with Crippen molar-refractivity contribution in [1.82, 2.24) is 25.2 Å². The van der Waals surface area contributed by atoms with Gasteiger partial charge in [-0.2, -0.15) is 9.94 Å². The van der Waals surface area contributed by atoms with Gasteiger partial charge in [-0.25, -0.2) is 0 Å². The number of para-hydroxylation sites is 1. The zero-order valence-corrected chi connectivity index (χ0v) is 15.4. The number of benzene rings is 2. The quantitative estimate of drug-likeness (QED) is 0.487. The van der Waals surface area contributed by atoms with Crippen molar-refractivity contribution in [2.24, 2.45) is 0 Å². The van der Waals surface area contributed by atoms with Crippen molar-refractivity contribution in [1.29, 1.82) is 5.26 Å². The van der Waals surface area contributed by atoms with Crippen LogP contribution in [-0.4, -0.2) is 38.3 Å². The first-order valence-electron chi connectivity index (χ1n) is 8.56. The summed E-state index contributed by atoms with van der Waals surface area (Å²) in [6.07, 6.45) is 1.56. The van der Waals surface area contributed by atoms with Crippen molar-refractivity contribution in [3.8, 4) is 11.8 Å². The Morgan fingerprint density at radius 1 is 1.07 bits per heavy atom. The standard InChI is InChI=1S/C19H15ClN8/c20-14-6-7-17-16(10-14)18(13(11-21)12-24-17)22-8-9-23-19-25-26-27-28(19)15-4-2-1-3-5-15/h1-7,10,12H,8-9H2,(H,22,24)(H,23,25,27). The van der Waals surface area contributed by atoms with Crippen LogP contribution in [0.15, 0.2) is 54.7 Å². The van der Waals surface area contributed by atoms with Crippen molar-refractivity contribution >= 4 is 34.1 Å². The second kappa shape index (κ2) is 7.90. The maximum atomic E-state index is 9.41. The van der Waals surface area contributed by atoms with Crippen LogP contribution in [0.25, 0.3) is 16.6 Å². The van der Waals surface area contributed by atoms with Crippen LogP contribution in [-0.2, 0) is 0 Å². The summed E-state index contributed by atoms with van der Waals surface area (Å²) >= 11 is 6.11. The lowest BCUT2D eigenvalue weighted by Crippen LogP contribution is -2.17. The van der Waals surface area contributed by atoms with Gasteiger partial charge in [0.05, 0.1) is 22.5 Å². The molecule has 4 rings (SSSR count). The van der Waals surface area contributed by atoms with E-state index in [2.05, 4.69) is 37.2 Å². The number of hydrogen-bond donors (Lipinski definition) is 2. The van der Waals surface area contributed by atoms with Crippen LogP contribution in [0.4, 0.5) is 11.6 Å². The molecule has 0 radical (unpaired) electrons. The van der Waals surface area contributed by atoms with Crippen molar-refractivity contribution in [3.05, 3.63) is 65.3 Å². The van der Waals surface area contributed by atoms with Gasteiger partial charge < -0.3 is 10.6 Å². The molecule has 0 aliphatic heterocycles. The lowest BCUT2D eigenvalue weighted by Gasteiger charge is -2.12. The predicted octanol–water partition coefficient (Wildman–Crippen LogP) is 3.26. The van der Waals surface area contributed by atoms with Gasteiger partial charge in [-0.05, 0) is 40.8 Å². The normalized spacial score (nSPS) is 10.6. The summed E-state index contributed by atoms with van der Waals surface area (Å²) in [7, 11) is 0. The second-order valence-corrected chi connectivity index (χ2v) is 6.36. The van der Waals surface area contributed by atoms with E-state index in [1.165, 1.54) is 0 Å². The van der Waals surface area contributed by atoms with Crippen LogP contribution in [0.1, 0.15) is 5.56 Å². The monoisotopic (exact) mass is 390 g/mol. The van der Waals surface area contributed by atoms with E-state index in [-0.39, 0.29) is 0 Å². The summed E-state index contributed by atoms with van der Waals surface area (Å²) in [6, 6.07) is 17.2. The average molecular weight is 391 g/mol. The lowest BCUT2D eigenvalue weighted by atomic mass is 10.1. The number of fused-ring (bicyclic) bond motifs is 1. The number of rotatable bonds is 6. The molecule has 8 nitrogen and oxygen atoms in total. The number of aromatic nitrogens is 5. The van der Waals surface area contributed by atoms with Gasteiger partial charge in [0.2, 0.25) is 5.95 Å². The Morgan fingerprint density at radius 2 is 1.89 bits per heavy atom. The molecule has 138 valence electrons. The fourth-order valence-corrected chi connectivity index (χ4v) is 3.01. The van der Waals surface area contributed by atoms with E-state index in [1.54, 1.807) is 23.0 Å². The molecule has 0 amide bonds. The molecule has 0 spiro atoms. The molecule has 0 atom stereocenters. The lowest BCUT2D eigenvalue weighted by molar-refractivity contribution is 0.789. The summed E-state index contributed by atoms with van der Waals surface area (Å²) in [5.74, 6) is 0.538. The third-order valence-electron chi connectivity index (χ3n) is 4.13. The number of halogens is 1. The second-order valence-electron chi connectivity index (χ2n) is 5.92. The summed E-state index contributed by atoms with van der Waals surface area (Å²) in [4.78, 5) is 4.30. The Kier molecular flexibility index (Phi) is 4.99. The Balaban J connectivity index is 1.48. The molecule has 0 fully saturated rings. The van der Waals surface area contributed by atoms with Gasteiger partial charge in [0, 0.05) is 29.7 Å². The van der Waals surface area contributed by atoms with Crippen molar-refractivity contribution in [3.63, 3.8) is 0 Å². The van der Waals surface area contributed by atoms with Crippen LogP contribution in [0.5, 0.6) is 0 Å². The van der Waals surface area contributed by atoms with Crippen LogP contribution in [0, 0.1) is 11.3 Å². The van der Waals surface area contributed by atoms with Crippen LogP contribution in [0.3, 0.4) is 0 Å². The van der Waals surface area contributed by atoms with E-state index < -0.39 is 0 Å². The molecule has 28 heavy (non-hydrogen) atoms. The van der Waals surface area contributed by atoms with Crippen LogP contribution < -0.4 is 10.6 Å². The molecule has 2 N–H and O–H groups in total. The fraction of sp³-hybridized carbons (Fsp3) is 0.105. The summed E-state index contributed by atoms with van der Waals surface area (Å²) < 4.78 is 1.63. The Labute approximate surface area is 165 Å². The largest absolute Gasteiger partial charge is 0.382 e. The van der Waals surface area contributed by atoms with Gasteiger partial charge in [0.25, 0.3) is 0 Å². The maximum Gasteiger partial charge on any atom is 0.247 e. The molecule has 2 aromatic carbocycles. The molecule has 0 saturated carbocycles. The minimum Gasteiger partial charge on any atom is -0.382 e. The topological polar surface area (TPSA) is 104 Å². The molecule has 0 bridgehead atoms. The van der Waals surface area contributed by atoms with Crippen LogP contribution >= 0.6 is 11.6 Å². The Hall–Kier alpha value is -3.70. The average Bonchev–Trinajstić information content (AvgIpc) is 3.20. The van der Waals surface area contributed by atoms with Crippen LogP contribution in [0.2, 0.25) is 5.02 Å². The molecule has 0 saturated heterocycles. The molecule has 0 aliphatic rings. The molecular formula is C19H15ClN8. The first kappa shape index (κ1) is 17.7. The van der Waals surface area contributed by atoms with Gasteiger partial charge in [0.15, 0.2) is 0 Å². The van der Waals surface area contributed by atoms with Gasteiger partial charge in [-0.3, -0.25) is 4.98 Å². The Morgan fingerprint density at radius 3 is 2.71 bits per heavy atom. The number of pyridine rings is 1. The zero-order chi connectivity index (χ0) is 19.3. The molecule has 9 heteroatoms. The molecule has 0 unspecified atom stereocenters. The van der Waals surface area contributed by atoms with E-state index in [1.807, 2.05) is 36.4 Å². The maximum absolute atomic E-state index is 9.41. The van der Waals surface area contributed by atoms with E-state index in [0.29, 0.717) is 35.3 Å². The number of anilines is 2. The predicted molar refractivity (Wildman–Crippen MR) is 108 cm³/mol. The Bertz CT molecular complexity index is 1150. The van der Waals surface area contributed by atoms with E-state index in [4.69, 9.17) is 11.6 Å². The van der Waals surface area contributed by atoms with Gasteiger partial charge in [0.1, 0.15) is 6.07 Å². The van der Waals surface area contributed by atoms with Gasteiger partial charge in [-0.15, -0.1) is 0 Å². The minimum absolute atomic E-state index is 0.462. The smallest absolute Gasteiger partial charge is 0.247 e. The van der Waals surface area contributed by atoms with Crippen molar-refractivity contribution in [2.45, 2.75) is 0 Å². The molecule has 4 aromatic rings. The highest BCUT2D eigenvalue weighted by Gasteiger charge is 2.10. The molecule has 2 aromatic heterocycles. The highest BCUT2D eigenvalue weighted by atomic mass is 35.5. The minimum atomic E-state index is 0.462. The van der Waals surface area contributed by atoms with Gasteiger partial charge in [-0.1, -0.05) is 34.9 Å². The highest BCUT2D eigenvalue weighted by molar-refractivity contribution is 6.31. The van der Waals surface area contributed by atoms with E-state index >= 15 is 0 Å². The first-order valence-corrected chi connectivity index (χ1v) is 8.94. The highest BCUT2D eigenvalue weighted by Crippen LogP contribution is 2.28. The van der Waals surface area contributed by atoms with Gasteiger partial charge >= 0.3 is 0 Å². The fourth-order valence-electron chi connectivity index (χ4n) is 2.84. The summed E-state index contributed by atoms with van der Waals surface area (Å²) in [5.41, 5.74) is 2.81. The molecular weight excluding hydrogens is 376 g/mol. The number of nitrogens with one attached hydrogen (secondary N) is 2. The zero-order valence-electron chi connectivity index (χ0n) is 14.7. The van der Waals surface area contributed by atoms with Crippen molar-refractivity contribution in [2.75, 3.05) is 23.7 Å². The third kappa shape index (κ3) is 3.56. The number of hydrogen-bond acceptors (Lipinski definition) is 7. The number of nitrogens with zero attached hydrogens (tertiary/aromatic N) is 6. The summed E-state index contributed by atoms with van der Waals surface area (Å²) in [6.45, 7) is 1.09. The first-order chi connectivity index (χ1) is 13.8. The SMILES string of the molecule is N#Cc1cnc2ccc(Cl)cc2c1NCCNc1nnnn1-c1ccccc1. The third-order valence-corrected chi connectivity index (χ3v) is 4.37. The molecule has 2 heterocycles. The number of nitriles is 1. The summed E-state index contributed by atoms with van der Waals surface area (Å²) in [5, 5.41) is 29.0. The van der Waals surface area contributed by atoms with Crippen molar-refractivity contribution < 1.29 is 0 Å². The van der Waals surface area contributed by atoms with E-state index in [9.17, 15) is 5.26 Å².